The Morgan fingerprint density at radius 1 is 0.454 bits per heavy atom. The highest BCUT2D eigenvalue weighted by atomic mass is 79.9. The average molecular weight is 1400 g/mol. The van der Waals surface area contributed by atoms with Crippen LogP contribution in [0.2, 0.25) is 0 Å². The predicted molar refractivity (Wildman–Crippen MR) is 367 cm³/mol. The fourth-order valence-electron chi connectivity index (χ4n) is 12.6. The monoisotopic (exact) mass is 1400 g/mol. The van der Waals surface area contributed by atoms with Crippen LogP contribution in [-0.2, 0) is 28.7 Å². The van der Waals surface area contributed by atoms with Crippen molar-refractivity contribution in [2.75, 3.05) is 149 Å². The summed E-state index contributed by atoms with van der Waals surface area (Å²) < 4.78 is 22.6. The molecule has 26 nitrogen and oxygen atoms in total. The molecule has 12 rings (SSSR count). The molecule has 0 bridgehead atoms. The third-order valence-corrected chi connectivity index (χ3v) is 18.3. The van der Waals surface area contributed by atoms with Crippen molar-refractivity contribution in [1.82, 2.24) is 40.4 Å². The van der Waals surface area contributed by atoms with Gasteiger partial charge in [0.25, 0.3) is 23.6 Å². The third-order valence-electron chi connectivity index (χ3n) is 17.8. The Kier molecular flexibility index (Phi) is 23.1. The zero-order valence-corrected chi connectivity index (χ0v) is 57.8. The molecule has 0 saturated carbocycles. The summed E-state index contributed by atoms with van der Waals surface area (Å²) in [7, 11) is 0. The molecule has 0 aromatic heterocycles. The molecular formula is C70H89BrN12O14. The minimum absolute atomic E-state index is 0.0947. The van der Waals surface area contributed by atoms with E-state index in [9.17, 15) is 47.9 Å². The first-order valence-corrected chi connectivity index (χ1v) is 34.7. The van der Waals surface area contributed by atoms with Gasteiger partial charge in [0.2, 0.25) is 23.6 Å². The van der Waals surface area contributed by atoms with Gasteiger partial charge >= 0.3 is 12.2 Å². The molecule has 8 aliphatic rings. The number of ether oxygens (including phenoxy) is 4. The lowest BCUT2D eigenvalue weighted by Crippen LogP contribution is -2.54. The fourth-order valence-corrected chi connectivity index (χ4v) is 12.9. The lowest BCUT2D eigenvalue weighted by atomic mass is 10.0. The van der Waals surface area contributed by atoms with E-state index in [-0.39, 0.29) is 43.8 Å². The molecule has 8 heterocycles. The number of nitrogens with zero attached hydrogens (tertiary/aromatic N) is 9. The van der Waals surface area contributed by atoms with E-state index < -0.39 is 64.6 Å². The van der Waals surface area contributed by atoms with Crippen LogP contribution < -0.4 is 45.0 Å². The second kappa shape index (κ2) is 31.6. The first-order chi connectivity index (χ1) is 46.4. The molecule has 0 radical (unpaired) electrons. The number of benzene rings is 4. The Labute approximate surface area is 574 Å². The Morgan fingerprint density at radius 2 is 0.814 bits per heavy atom. The number of halogens is 1. The highest BCUT2D eigenvalue weighted by molar-refractivity contribution is 9.09. The first kappa shape index (κ1) is 71.0. The molecule has 4 aromatic carbocycles. The highest BCUT2D eigenvalue weighted by Gasteiger charge is 2.47. The molecule has 27 heteroatoms. The van der Waals surface area contributed by atoms with Gasteiger partial charge in [-0.2, -0.15) is 0 Å². The van der Waals surface area contributed by atoms with Gasteiger partial charge in [-0.05, 0) is 152 Å². The largest absolute Gasteiger partial charge is 0.494 e. The zero-order chi connectivity index (χ0) is 69.1. The van der Waals surface area contributed by atoms with Gasteiger partial charge in [0, 0.05) is 152 Å². The molecule has 97 heavy (non-hydrogen) atoms. The number of hydrogen-bond acceptors (Lipinski definition) is 20. The molecule has 10 amide bonds. The summed E-state index contributed by atoms with van der Waals surface area (Å²) in [6.45, 7) is 26.0. The molecule has 0 spiro atoms. The number of hydrogen-bond donors (Lipinski definition) is 3. The number of carbonyl (C=O) groups excluding carboxylic acids is 10. The Bertz CT molecular complexity index is 3550. The van der Waals surface area contributed by atoms with E-state index in [0.29, 0.717) is 55.0 Å². The van der Waals surface area contributed by atoms with Gasteiger partial charge in [0.15, 0.2) is 0 Å². The number of fused-ring (bicyclic) bond motifs is 2. The number of anilines is 4. The van der Waals surface area contributed by atoms with Gasteiger partial charge in [0.1, 0.15) is 34.8 Å². The summed E-state index contributed by atoms with van der Waals surface area (Å²) in [6, 6.07) is 24.9. The van der Waals surface area contributed by atoms with Crippen molar-refractivity contribution in [3.63, 3.8) is 0 Å². The number of piperazine rings is 4. The quantitative estimate of drug-likeness (QED) is 0.0685. The van der Waals surface area contributed by atoms with Crippen molar-refractivity contribution in [3.8, 4) is 11.5 Å². The van der Waals surface area contributed by atoms with Crippen molar-refractivity contribution >= 4 is 98.1 Å². The van der Waals surface area contributed by atoms with E-state index in [4.69, 9.17) is 18.9 Å². The molecule has 3 N–H and O–H groups in total. The summed E-state index contributed by atoms with van der Waals surface area (Å²) in [4.78, 5) is 140. The van der Waals surface area contributed by atoms with Gasteiger partial charge in [0.05, 0.1) is 35.5 Å². The Hall–Kier alpha value is -8.82. The molecule has 520 valence electrons. The number of amides is 10. The molecular weight excluding hydrogens is 1310 g/mol. The van der Waals surface area contributed by atoms with Crippen LogP contribution in [0.15, 0.2) is 84.9 Å². The average Bonchev–Trinajstić information content (AvgIpc) is 1.62. The maximum absolute atomic E-state index is 13.2. The van der Waals surface area contributed by atoms with E-state index in [1.807, 2.05) is 77.9 Å². The first-order valence-electron chi connectivity index (χ1n) is 33.5. The van der Waals surface area contributed by atoms with Crippen molar-refractivity contribution in [3.05, 3.63) is 107 Å². The predicted octanol–water partition coefficient (Wildman–Crippen LogP) is 6.14. The van der Waals surface area contributed by atoms with Crippen LogP contribution in [0, 0.1) is 0 Å². The highest BCUT2D eigenvalue weighted by Crippen LogP contribution is 2.34. The summed E-state index contributed by atoms with van der Waals surface area (Å²) in [5, 5.41) is 8.65. The minimum atomic E-state index is -0.967. The van der Waals surface area contributed by atoms with E-state index >= 15 is 0 Å². The molecule has 2 unspecified atom stereocenters. The van der Waals surface area contributed by atoms with E-state index in [1.165, 1.54) is 0 Å². The molecule has 6 fully saturated rings. The topological polar surface area (TPSA) is 273 Å². The lowest BCUT2D eigenvalue weighted by molar-refractivity contribution is -0.137. The SMILES string of the molecule is CC(C)(C)OC(=O)N1CCN(c2ccc(OCCCBr)cc2)CC1.CC(C)(C)OC(=O)N1CCN(c2ccc(OCCCN3CCN(c4ccc5c(c4)C(=O)N(C4CCC(=O)NC4=O)C5=O)CC3)cc2)CC1.O=C1CCC(N2C(=O)c3ccc(N4CCNCC4)cc3C2=O)C(=O)N1. The summed E-state index contributed by atoms with van der Waals surface area (Å²) >= 11 is 3.39. The maximum Gasteiger partial charge on any atom is 0.410 e. The molecule has 2 atom stereocenters. The van der Waals surface area contributed by atoms with Crippen LogP contribution in [0.1, 0.15) is 121 Å². The molecule has 0 aliphatic carbocycles. The lowest BCUT2D eigenvalue weighted by Gasteiger charge is -2.36. The normalized spacial score (nSPS) is 20.1. The van der Waals surface area contributed by atoms with Crippen LogP contribution in [0.25, 0.3) is 0 Å². The standard InChI is InChI=1S/C35H44N6O7.C18H27BrN2O3.C17H18N4O4/c1-35(2,3)48-34(46)40-20-18-38(19-21-40)24-5-8-26(9-6-24)47-22-4-13-37-14-16-39(17-15-37)25-7-10-27-28(23-25)33(45)41(32(27)44)29-11-12-30(42)36-31(29)43;1-18(2,3)24-17(22)21-12-10-20(11-13-21)15-5-7-16(8-6-15)23-14-4-9-19;22-14-4-3-13(15(23)19-14)21-16(24)11-2-1-10(9-12(11)17(21)25)20-7-5-18-6-8-20/h5-10,23,29H,4,11-22H2,1-3H3,(H,36,42,43);5-8H,4,9-14H2,1-3H3;1-2,9,13,18H,3-8H2,(H,19,22,23). The smallest absolute Gasteiger partial charge is 0.410 e. The van der Waals surface area contributed by atoms with Crippen molar-refractivity contribution in [1.29, 1.82) is 0 Å². The van der Waals surface area contributed by atoms with Crippen molar-refractivity contribution in [2.24, 2.45) is 0 Å². The number of imide groups is 4. The van der Waals surface area contributed by atoms with Crippen molar-refractivity contribution < 1.29 is 66.9 Å². The van der Waals surface area contributed by atoms with Crippen LogP contribution >= 0.6 is 15.9 Å². The van der Waals surface area contributed by atoms with Gasteiger partial charge in [-0.1, -0.05) is 15.9 Å². The minimum Gasteiger partial charge on any atom is -0.494 e. The van der Waals surface area contributed by atoms with Crippen molar-refractivity contribution in [2.45, 2.75) is 103 Å². The Morgan fingerprint density at radius 3 is 1.21 bits per heavy atom. The second-order valence-electron chi connectivity index (χ2n) is 26.9. The summed E-state index contributed by atoms with van der Waals surface area (Å²) in [5.74, 6) is -2.16. The van der Waals surface area contributed by atoms with Gasteiger partial charge in [-0.3, -0.25) is 63.7 Å². The Balaban J connectivity index is 0.000000175. The summed E-state index contributed by atoms with van der Waals surface area (Å²) in [6.07, 6.45) is 1.92. The van der Waals surface area contributed by atoms with Crippen LogP contribution in [0.4, 0.5) is 32.3 Å². The number of rotatable bonds is 15. The number of piperidine rings is 2. The second-order valence-corrected chi connectivity index (χ2v) is 27.7. The van der Waals surface area contributed by atoms with Crippen LogP contribution in [-0.4, -0.2) is 237 Å². The zero-order valence-electron chi connectivity index (χ0n) is 56.2. The van der Waals surface area contributed by atoms with E-state index in [1.54, 1.807) is 34.1 Å². The van der Waals surface area contributed by atoms with E-state index in [0.717, 1.165) is 154 Å². The van der Waals surface area contributed by atoms with Gasteiger partial charge in [-0.25, -0.2) is 9.59 Å². The van der Waals surface area contributed by atoms with Crippen LogP contribution in [0.3, 0.4) is 0 Å². The third kappa shape index (κ3) is 18.1. The molecule has 8 aliphatic heterocycles. The number of nitrogens with one attached hydrogen (secondary N) is 3. The summed E-state index contributed by atoms with van der Waals surface area (Å²) in [5.41, 5.74) is 4.32. The van der Waals surface area contributed by atoms with Gasteiger partial charge < -0.3 is 53.7 Å². The molecule has 4 aromatic rings. The van der Waals surface area contributed by atoms with Gasteiger partial charge in [-0.15, -0.1) is 0 Å². The van der Waals surface area contributed by atoms with Crippen LogP contribution in [0.5, 0.6) is 11.5 Å². The van der Waals surface area contributed by atoms with E-state index in [2.05, 4.69) is 80.6 Å². The maximum atomic E-state index is 13.2. The fraction of sp³-hybridized carbons (Fsp3) is 0.514. The number of alkyl halides is 1. The molecule has 6 saturated heterocycles. The number of carbonyl (C=O) groups is 10.